The number of rotatable bonds is 9. The molecule has 0 amide bonds. The van der Waals surface area contributed by atoms with Gasteiger partial charge in [0.05, 0.1) is 0 Å². The summed E-state index contributed by atoms with van der Waals surface area (Å²) in [5, 5.41) is 5.66. The molecule has 1 nitrogen and oxygen atoms in total. The monoisotopic (exact) mass is 615 g/mol. The number of anilines is 1. The molecule has 5 aromatic carbocycles. The molecule has 0 spiro atoms. The van der Waals surface area contributed by atoms with Crippen molar-refractivity contribution in [3.05, 3.63) is 149 Å². The highest BCUT2D eigenvalue weighted by molar-refractivity contribution is 14.1. The van der Waals surface area contributed by atoms with E-state index in [4.69, 9.17) is 0 Å². The van der Waals surface area contributed by atoms with E-state index in [9.17, 15) is 0 Å². The van der Waals surface area contributed by atoms with Crippen LogP contribution in [0.4, 0.5) is 5.69 Å². The number of benzene rings is 5. The molecule has 0 heterocycles. The SMILES string of the molecule is Ic1ccc(N(CP(c2ccccc2)c2ccccc2)CP(c2ccccc2)c2ccccc2)cc1. The zero-order valence-electron chi connectivity index (χ0n) is 20.0. The molecular formula is C32H28INP2. The third-order valence-corrected chi connectivity index (χ3v) is 11.7. The van der Waals surface area contributed by atoms with Crippen LogP contribution < -0.4 is 26.1 Å². The second-order valence-corrected chi connectivity index (χ2v) is 14.1. The van der Waals surface area contributed by atoms with E-state index >= 15 is 0 Å². The molecule has 0 aliphatic heterocycles. The van der Waals surface area contributed by atoms with Gasteiger partial charge in [-0.3, -0.25) is 0 Å². The highest BCUT2D eigenvalue weighted by atomic mass is 127. The molecule has 0 atom stereocenters. The lowest BCUT2D eigenvalue weighted by molar-refractivity contribution is 1.05. The fourth-order valence-corrected chi connectivity index (χ4v) is 9.36. The number of nitrogens with zero attached hydrogens (tertiary/aromatic N) is 1. The van der Waals surface area contributed by atoms with Crippen LogP contribution in [0.25, 0.3) is 0 Å². The van der Waals surface area contributed by atoms with E-state index in [2.05, 4.69) is 173 Å². The summed E-state index contributed by atoms with van der Waals surface area (Å²) in [4.78, 5) is 2.63. The van der Waals surface area contributed by atoms with Crippen molar-refractivity contribution in [2.24, 2.45) is 0 Å². The van der Waals surface area contributed by atoms with Gasteiger partial charge in [-0.1, -0.05) is 121 Å². The molecule has 0 bridgehead atoms. The maximum Gasteiger partial charge on any atom is 0.0463 e. The lowest BCUT2D eigenvalue weighted by atomic mass is 10.3. The van der Waals surface area contributed by atoms with Crippen molar-refractivity contribution in [2.45, 2.75) is 0 Å². The quantitative estimate of drug-likeness (QED) is 0.125. The van der Waals surface area contributed by atoms with E-state index in [0.717, 1.165) is 12.6 Å². The molecule has 5 aromatic rings. The first-order valence-corrected chi connectivity index (χ1v) is 16.2. The molecule has 0 fully saturated rings. The van der Waals surface area contributed by atoms with Gasteiger partial charge in [0.2, 0.25) is 0 Å². The molecule has 0 aromatic heterocycles. The Hall–Kier alpha value is -2.51. The first-order chi connectivity index (χ1) is 17.8. The zero-order chi connectivity index (χ0) is 24.6. The van der Waals surface area contributed by atoms with Crippen LogP contribution in [0.15, 0.2) is 146 Å². The normalized spacial score (nSPS) is 11.1. The Morgan fingerprint density at radius 2 is 0.722 bits per heavy atom. The minimum atomic E-state index is -0.556. The second-order valence-electron chi connectivity index (χ2n) is 8.50. The standard InChI is InChI=1S/C32H28INP2/c33-27-21-23-28(24-22-27)34(25-35(29-13-5-1-6-14-29)30-15-7-2-8-16-30)26-36(31-17-9-3-10-18-31)32-19-11-4-12-20-32/h1-24H,25-26H2. The topological polar surface area (TPSA) is 3.24 Å². The van der Waals surface area contributed by atoms with Crippen LogP contribution in [0.1, 0.15) is 0 Å². The van der Waals surface area contributed by atoms with Gasteiger partial charge in [-0.15, -0.1) is 0 Å². The predicted octanol–water partition coefficient (Wildman–Crippen LogP) is 7.28. The minimum absolute atomic E-state index is 0.556. The zero-order valence-corrected chi connectivity index (χ0v) is 23.9. The molecule has 178 valence electrons. The van der Waals surface area contributed by atoms with Crippen molar-refractivity contribution >= 4 is 65.3 Å². The highest BCUT2D eigenvalue weighted by Crippen LogP contribution is 2.41. The van der Waals surface area contributed by atoms with E-state index in [1.807, 2.05) is 0 Å². The van der Waals surface area contributed by atoms with Gasteiger partial charge in [0.1, 0.15) is 0 Å². The Morgan fingerprint density at radius 1 is 0.417 bits per heavy atom. The highest BCUT2D eigenvalue weighted by Gasteiger charge is 2.23. The summed E-state index contributed by atoms with van der Waals surface area (Å²) in [5.74, 6) is 0. The maximum absolute atomic E-state index is 2.63. The Kier molecular flexibility index (Phi) is 8.83. The summed E-state index contributed by atoms with van der Waals surface area (Å²) < 4.78 is 1.26. The van der Waals surface area contributed by atoms with Crippen molar-refractivity contribution in [3.63, 3.8) is 0 Å². The van der Waals surface area contributed by atoms with Gasteiger partial charge in [0, 0.05) is 21.8 Å². The number of hydrogen-bond acceptors (Lipinski definition) is 1. The molecule has 0 aliphatic carbocycles. The van der Waals surface area contributed by atoms with E-state index in [0.29, 0.717) is 0 Å². The Labute approximate surface area is 230 Å². The van der Waals surface area contributed by atoms with Gasteiger partial charge >= 0.3 is 0 Å². The van der Waals surface area contributed by atoms with Crippen LogP contribution in [0, 0.1) is 3.57 Å². The minimum Gasteiger partial charge on any atom is -0.362 e. The van der Waals surface area contributed by atoms with Crippen LogP contribution in [-0.2, 0) is 0 Å². The lowest BCUT2D eigenvalue weighted by Gasteiger charge is -2.34. The average Bonchev–Trinajstić information content (AvgIpc) is 2.96. The largest absolute Gasteiger partial charge is 0.362 e. The average molecular weight is 615 g/mol. The first kappa shape index (κ1) is 25.2. The van der Waals surface area contributed by atoms with Crippen molar-refractivity contribution in [1.82, 2.24) is 0 Å². The second kappa shape index (κ2) is 12.6. The molecule has 36 heavy (non-hydrogen) atoms. The van der Waals surface area contributed by atoms with E-state index in [-0.39, 0.29) is 0 Å². The van der Waals surface area contributed by atoms with E-state index in [1.165, 1.54) is 30.5 Å². The third kappa shape index (κ3) is 6.43. The fraction of sp³-hybridized carbons (Fsp3) is 0.0625. The van der Waals surface area contributed by atoms with Crippen LogP contribution in [-0.4, -0.2) is 12.6 Å². The molecule has 0 aliphatic rings. The molecule has 0 N–H and O–H groups in total. The van der Waals surface area contributed by atoms with Crippen molar-refractivity contribution < 1.29 is 0 Å². The van der Waals surface area contributed by atoms with Crippen molar-refractivity contribution in [1.29, 1.82) is 0 Å². The summed E-state index contributed by atoms with van der Waals surface area (Å²) in [6.45, 7) is 0. The van der Waals surface area contributed by atoms with E-state index < -0.39 is 15.8 Å². The number of hydrogen-bond donors (Lipinski definition) is 0. The van der Waals surface area contributed by atoms with Crippen molar-refractivity contribution in [3.8, 4) is 0 Å². The summed E-state index contributed by atoms with van der Waals surface area (Å²) in [5.41, 5.74) is 1.29. The molecule has 4 heteroatoms. The first-order valence-electron chi connectivity index (χ1n) is 12.0. The summed E-state index contributed by atoms with van der Waals surface area (Å²) in [6.07, 6.45) is 1.95. The van der Waals surface area contributed by atoms with Crippen molar-refractivity contribution in [2.75, 3.05) is 17.5 Å². The fourth-order valence-electron chi connectivity index (χ4n) is 4.26. The van der Waals surface area contributed by atoms with Crippen LogP contribution in [0.3, 0.4) is 0 Å². The third-order valence-electron chi connectivity index (χ3n) is 6.09. The Balaban J connectivity index is 1.57. The summed E-state index contributed by atoms with van der Waals surface area (Å²) in [6, 6.07) is 53.2. The smallest absolute Gasteiger partial charge is 0.0463 e. The van der Waals surface area contributed by atoms with Crippen LogP contribution in [0.5, 0.6) is 0 Å². The van der Waals surface area contributed by atoms with Gasteiger partial charge in [-0.2, -0.15) is 0 Å². The van der Waals surface area contributed by atoms with E-state index in [1.54, 1.807) is 0 Å². The molecule has 0 unspecified atom stereocenters. The Morgan fingerprint density at radius 3 is 1.03 bits per heavy atom. The van der Waals surface area contributed by atoms with Gasteiger partial charge in [-0.25, -0.2) is 0 Å². The molecule has 0 saturated heterocycles. The van der Waals surface area contributed by atoms with Gasteiger partial charge < -0.3 is 4.90 Å². The summed E-state index contributed by atoms with van der Waals surface area (Å²) in [7, 11) is -1.11. The Bertz CT molecular complexity index is 1170. The van der Waals surface area contributed by atoms with Crippen LogP contribution >= 0.6 is 38.4 Å². The maximum atomic E-state index is 2.63. The summed E-state index contributed by atoms with van der Waals surface area (Å²) >= 11 is 2.40. The van der Waals surface area contributed by atoms with Gasteiger partial charge in [0.25, 0.3) is 0 Å². The number of halogens is 1. The lowest BCUT2D eigenvalue weighted by Crippen LogP contribution is -2.32. The molecule has 0 radical (unpaired) electrons. The molecular weight excluding hydrogens is 587 g/mol. The van der Waals surface area contributed by atoms with Gasteiger partial charge in [-0.05, 0) is 83.9 Å². The van der Waals surface area contributed by atoms with Crippen LogP contribution in [0.2, 0.25) is 0 Å². The molecule has 5 rings (SSSR count). The predicted molar refractivity (Wildman–Crippen MR) is 170 cm³/mol. The molecule has 0 saturated carbocycles. The van der Waals surface area contributed by atoms with Gasteiger partial charge in [0.15, 0.2) is 0 Å².